The minimum Gasteiger partial charge on any atom is -0.480 e. The number of nitrogens with one attached hydrogen (secondary N) is 1. The predicted octanol–water partition coefficient (Wildman–Crippen LogP) is 2.46. The van der Waals surface area contributed by atoms with Crippen LogP contribution >= 0.6 is 11.8 Å². The van der Waals surface area contributed by atoms with Crippen LogP contribution in [-0.2, 0) is 4.79 Å². The quantitative estimate of drug-likeness (QED) is 0.765. The van der Waals surface area contributed by atoms with Crippen LogP contribution in [0.5, 0.6) is 0 Å². The molecular weight excluding hydrogens is 234 g/mol. The zero-order valence-corrected chi connectivity index (χ0v) is 11.3. The van der Waals surface area contributed by atoms with Crippen molar-refractivity contribution in [1.82, 2.24) is 5.32 Å². The van der Waals surface area contributed by atoms with Crippen LogP contribution in [0.4, 0.5) is 0 Å². The molecular formula is C13H19NO2S. The van der Waals surface area contributed by atoms with Crippen LogP contribution in [0.1, 0.15) is 18.1 Å². The fraction of sp³-hybridized carbons (Fsp3) is 0.462. The average molecular weight is 253 g/mol. The van der Waals surface area contributed by atoms with E-state index in [2.05, 4.69) is 37.4 Å². The Kier molecular flexibility index (Phi) is 5.51. The van der Waals surface area contributed by atoms with Crippen LogP contribution in [0.3, 0.4) is 0 Å². The van der Waals surface area contributed by atoms with Gasteiger partial charge in [-0.1, -0.05) is 24.6 Å². The Morgan fingerprint density at radius 3 is 2.71 bits per heavy atom. The van der Waals surface area contributed by atoms with Crippen LogP contribution in [-0.4, -0.2) is 29.4 Å². The van der Waals surface area contributed by atoms with Gasteiger partial charge in [-0.25, -0.2) is 0 Å². The molecule has 0 heterocycles. The van der Waals surface area contributed by atoms with Gasteiger partial charge in [0, 0.05) is 10.6 Å². The molecule has 17 heavy (non-hydrogen) atoms. The molecule has 0 aromatic heterocycles. The zero-order valence-electron chi connectivity index (χ0n) is 10.5. The number of likely N-dealkylation sites (N-methyl/N-ethyl adjacent to an activating group) is 1. The number of thioether (sulfide) groups is 1. The van der Waals surface area contributed by atoms with E-state index >= 15 is 0 Å². The molecule has 0 aliphatic rings. The van der Waals surface area contributed by atoms with Crippen molar-refractivity contribution in [1.29, 1.82) is 0 Å². The third kappa shape index (κ3) is 4.40. The monoisotopic (exact) mass is 253 g/mol. The van der Waals surface area contributed by atoms with E-state index in [1.165, 1.54) is 11.1 Å². The SMILES string of the molecule is CCNC(CSc1ccc(C)cc1C)C(=O)O. The van der Waals surface area contributed by atoms with Crippen molar-refractivity contribution in [3.05, 3.63) is 29.3 Å². The first-order valence-electron chi connectivity index (χ1n) is 5.70. The first-order chi connectivity index (χ1) is 8.04. The van der Waals surface area contributed by atoms with Gasteiger partial charge in [-0.3, -0.25) is 4.79 Å². The molecule has 1 unspecified atom stereocenters. The highest BCUT2D eigenvalue weighted by atomic mass is 32.2. The Hall–Kier alpha value is -1.00. The number of carboxylic acid groups (broad SMARTS) is 1. The number of aryl methyl sites for hydroxylation is 2. The van der Waals surface area contributed by atoms with Crippen LogP contribution in [0.25, 0.3) is 0 Å². The number of hydrogen-bond acceptors (Lipinski definition) is 3. The number of aliphatic carboxylic acids is 1. The lowest BCUT2D eigenvalue weighted by Crippen LogP contribution is -2.38. The van der Waals surface area contributed by atoms with E-state index in [0.717, 1.165) is 4.90 Å². The van der Waals surface area contributed by atoms with E-state index in [1.54, 1.807) is 11.8 Å². The summed E-state index contributed by atoms with van der Waals surface area (Å²) in [5.41, 5.74) is 2.43. The molecule has 4 heteroatoms. The van der Waals surface area contributed by atoms with Crippen LogP contribution in [0.2, 0.25) is 0 Å². The van der Waals surface area contributed by atoms with Crippen molar-refractivity contribution < 1.29 is 9.90 Å². The molecule has 0 amide bonds. The second kappa shape index (κ2) is 6.67. The molecule has 0 bridgehead atoms. The molecule has 0 fully saturated rings. The predicted molar refractivity (Wildman–Crippen MR) is 71.7 cm³/mol. The topological polar surface area (TPSA) is 49.3 Å². The Bertz CT molecular complexity index is 393. The molecule has 0 radical (unpaired) electrons. The molecule has 0 saturated heterocycles. The highest BCUT2D eigenvalue weighted by Crippen LogP contribution is 2.23. The highest BCUT2D eigenvalue weighted by Gasteiger charge is 2.16. The van der Waals surface area contributed by atoms with Gasteiger partial charge >= 0.3 is 5.97 Å². The summed E-state index contributed by atoms with van der Waals surface area (Å²) in [6.45, 7) is 6.70. The zero-order chi connectivity index (χ0) is 12.8. The molecule has 0 aliphatic carbocycles. The van der Waals surface area contributed by atoms with E-state index in [-0.39, 0.29) is 0 Å². The number of benzene rings is 1. The van der Waals surface area contributed by atoms with Crippen molar-refractivity contribution in [3.8, 4) is 0 Å². The van der Waals surface area contributed by atoms with Crippen molar-refractivity contribution in [2.24, 2.45) is 0 Å². The van der Waals surface area contributed by atoms with Gasteiger partial charge in [-0.05, 0) is 32.0 Å². The summed E-state index contributed by atoms with van der Waals surface area (Å²) in [7, 11) is 0. The maximum atomic E-state index is 11.0. The third-order valence-electron chi connectivity index (χ3n) is 2.48. The Balaban J connectivity index is 2.62. The third-order valence-corrected chi connectivity index (χ3v) is 3.75. The number of hydrogen-bond donors (Lipinski definition) is 2. The second-order valence-electron chi connectivity index (χ2n) is 4.03. The second-order valence-corrected chi connectivity index (χ2v) is 5.09. The van der Waals surface area contributed by atoms with Gasteiger partial charge in [0.05, 0.1) is 0 Å². The van der Waals surface area contributed by atoms with Gasteiger partial charge in [-0.15, -0.1) is 11.8 Å². The molecule has 0 saturated carbocycles. The lowest BCUT2D eigenvalue weighted by molar-refractivity contribution is -0.138. The average Bonchev–Trinajstić information content (AvgIpc) is 2.25. The van der Waals surface area contributed by atoms with E-state index < -0.39 is 12.0 Å². The summed E-state index contributed by atoms with van der Waals surface area (Å²) >= 11 is 1.59. The normalized spacial score (nSPS) is 12.4. The summed E-state index contributed by atoms with van der Waals surface area (Å²) in [6.07, 6.45) is 0. The van der Waals surface area contributed by atoms with E-state index in [4.69, 9.17) is 5.11 Å². The van der Waals surface area contributed by atoms with Crippen molar-refractivity contribution in [2.45, 2.75) is 31.7 Å². The van der Waals surface area contributed by atoms with Gasteiger partial charge in [0.15, 0.2) is 0 Å². The Labute approximate surface area is 107 Å². The first kappa shape index (κ1) is 14.1. The molecule has 1 aromatic rings. The van der Waals surface area contributed by atoms with E-state index in [9.17, 15) is 4.79 Å². The molecule has 0 spiro atoms. The minimum absolute atomic E-state index is 0.481. The van der Waals surface area contributed by atoms with E-state index in [0.29, 0.717) is 12.3 Å². The fourth-order valence-electron chi connectivity index (χ4n) is 1.60. The maximum Gasteiger partial charge on any atom is 0.321 e. The van der Waals surface area contributed by atoms with Crippen molar-refractivity contribution in [2.75, 3.05) is 12.3 Å². The fourth-order valence-corrected chi connectivity index (χ4v) is 2.66. The summed E-state index contributed by atoms with van der Waals surface area (Å²) in [6, 6.07) is 5.75. The Morgan fingerprint density at radius 2 is 2.18 bits per heavy atom. The van der Waals surface area contributed by atoms with Gasteiger partial charge < -0.3 is 10.4 Å². The number of carbonyl (C=O) groups is 1. The standard InChI is InChI=1S/C13H19NO2S/c1-4-14-11(13(15)16)8-17-12-6-5-9(2)7-10(12)3/h5-7,11,14H,4,8H2,1-3H3,(H,15,16). The van der Waals surface area contributed by atoms with Crippen LogP contribution in [0, 0.1) is 13.8 Å². The lowest BCUT2D eigenvalue weighted by Gasteiger charge is -2.13. The van der Waals surface area contributed by atoms with Gasteiger partial charge in [0.2, 0.25) is 0 Å². The number of rotatable bonds is 6. The molecule has 1 aromatic carbocycles. The van der Waals surface area contributed by atoms with Crippen molar-refractivity contribution >= 4 is 17.7 Å². The van der Waals surface area contributed by atoms with Crippen LogP contribution < -0.4 is 5.32 Å². The molecule has 2 N–H and O–H groups in total. The van der Waals surface area contributed by atoms with Gasteiger partial charge in [0.1, 0.15) is 6.04 Å². The summed E-state index contributed by atoms with van der Waals surface area (Å²) in [5, 5.41) is 12.0. The molecule has 3 nitrogen and oxygen atoms in total. The minimum atomic E-state index is -0.788. The first-order valence-corrected chi connectivity index (χ1v) is 6.69. The maximum absolute atomic E-state index is 11.0. The lowest BCUT2D eigenvalue weighted by atomic mass is 10.2. The van der Waals surface area contributed by atoms with E-state index in [1.807, 2.05) is 6.92 Å². The summed E-state index contributed by atoms with van der Waals surface area (Å²) in [4.78, 5) is 12.1. The molecule has 1 atom stereocenters. The largest absolute Gasteiger partial charge is 0.480 e. The van der Waals surface area contributed by atoms with Crippen molar-refractivity contribution in [3.63, 3.8) is 0 Å². The molecule has 1 rings (SSSR count). The van der Waals surface area contributed by atoms with Crippen LogP contribution in [0.15, 0.2) is 23.1 Å². The van der Waals surface area contributed by atoms with Gasteiger partial charge in [0.25, 0.3) is 0 Å². The summed E-state index contributed by atoms with van der Waals surface area (Å²) in [5.74, 6) is -0.239. The highest BCUT2D eigenvalue weighted by molar-refractivity contribution is 7.99. The smallest absolute Gasteiger partial charge is 0.321 e. The molecule has 94 valence electrons. The Morgan fingerprint density at radius 1 is 1.47 bits per heavy atom. The van der Waals surface area contributed by atoms with Gasteiger partial charge in [-0.2, -0.15) is 0 Å². The number of carboxylic acids is 1. The molecule has 0 aliphatic heterocycles. The summed E-state index contributed by atoms with van der Waals surface area (Å²) < 4.78 is 0.